The number of likely N-dealkylation sites (tertiary alicyclic amines) is 1. The Morgan fingerprint density at radius 1 is 1.50 bits per heavy atom. The molecule has 0 aromatic carbocycles. The van der Waals surface area contributed by atoms with E-state index in [4.69, 9.17) is 22.4 Å². The molecule has 0 saturated carbocycles. The number of hydrogen-bond donors (Lipinski definition) is 1. The van der Waals surface area contributed by atoms with Crippen LogP contribution >= 0.6 is 12.2 Å². The maximum absolute atomic E-state index is 12.2. The zero-order chi connectivity index (χ0) is 13.3. The number of nitrogens with zero attached hydrogens (tertiary/aromatic N) is 1. The SMILES string of the molecule is Cc1cc(C(=O)N2CCC(C)(C(N)=S)CC2)co1. The van der Waals surface area contributed by atoms with Gasteiger partial charge in [0.25, 0.3) is 5.91 Å². The van der Waals surface area contributed by atoms with Gasteiger partial charge in [-0.25, -0.2) is 0 Å². The molecule has 1 aliphatic rings. The lowest BCUT2D eigenvalue weighted by atomic mass is 9.80. The molecule has 1 saturated heterocycles. The molecule has 0 aliphatic carbocycles. The number of carbonyl (C=O) groups is 1. The third-order valence-electron chi connectivity index (χ3n) is 3.73. The Labute approximate surface area is 112 Å². The molecular weight excluding hydrogens is 248 g/mol. The van der Waals surface area contributed by atoms with Crippen molar-refractivity contribution in [3.05, 3.63) is 23.7 Å². The highest BCUT2D eigenvalue weighted by Gasteiger charge is 2.34. The summed E-state index contributed by atoms with van der Waals surface area (Å²) in [5.74, 6) is 0.778. The van der Waals surface area contributed by atoms with E-state index in [1.54, 1.807) is 6.07 Å². The summed E-state index contributed by atoms with van der Waals surface area (Å²) in [6.07, 6.45) is 3.16. The first-order valence-electron chi connectivity index (χ1n) is 6.07. The van der Waals surface area contributed by atoms with E-state index in [1.165, 1.54) is 6.26 Å². The van der Waals surface area contributed by atoms with Crippen molar-refractivity contribution in [1.29, 1.82) is 0 Å². The van der Waals surface area contributed by atoms with Crippen LogP contribution in [0.2, 0.25) is 0 Å². The monoisotopic (exact) mass is 266 g/mol. The van der Waals surface area contributed by atoms with Gasteiger partial charge in [0.05, 0.1) is 10.6 Å². The van der Waals surface area contributed by atoms with Crippen molar-refractivity contribution in [3.8, 4) is 0 Å². The van der Waals surface area contributed by atoms with Gasteiger partial charge in [-0.1, -0.05) is 19.1 Å². The van der Waals surface area contributed by atoms with E-state index >= 15 is 0 Å². The fourth-order valence-corrected chi connectivity index (χ4v) is 2.39. The lowest BCUT2D eigenvalue weighted by Gasteiger charge is -2.38. The quantitative estimate of drug-likeness (QED) is 0.833. The summed E-state index contributed by atoms with van der Waals surface area (Å²) in [6.45, 7) is 5.28. The first-order chi connectivity index (χ1) is 8.42. The Bertz CT molecular complexity index is 473. The normalized spacial score (nSPS) is 18.7. The standard InChI is InChI=1S/C13H18N2O2S/c1-9-7-10(8-17-9)11(16)15-5-3-13(2,4-6-15)12(14)18/h7-8H,3-6H2,1-2H3,(H2,14,18). The maximum atomic E-state index is 12.2. The number of amides is 1. The van der Waals surface area contributed by atoms with Gasteiger partial charge in [0.1, 0.15) is 12.0 Å². The van der Waals surface area contributed by atoms with Crippen molar-refractivity contribution in [1.82, 2.24) is 4.90 Å². The van der Waals surface area contributed by atoms with Crippen molar-refractivity contribution in [2.45, 2.75) is 26.7 Å². The van der Waals surface area contributed by atoms with Crippen LogP contribution in [0.5, 0.6) is 0 Å². The van der Waals surface area contributed by atoms with Crippen LogP contribution in [-0.4, -0.2) is 28.9 Å². The molecule has 0 radical (unpaired) electrons. The minimum absolute atomic E-state index is 0.0249. The van der Waals surface area contributed by atoms with E-state index < -0.39 is 0 Å². The number of nitrogens with two attached hydrogens (primary N) is 1. The van der Waals surface area contributed by atoms with Crippen LogP contribution in [0.4, 0.5) is 0 Å². The average molecular weight is 266 g/mol. The molecule has 2 rings (SSSR count). The zero-order valence-corrected chi connectivity index (χ0v) is 11.5. The van der Waals surface area contributed by atoms with Crippen LogP contribution in [0, 0.1) is 12.3 Å². The summed E-state index contributed by atoms with van der Waals surface area (Å²) in [5.41, 5.74) is 6.25. The first kappa shape index (κ1) is 13.1. The molecule has 1 aromatic heterocycles. The number of thiocarbonyl (C=S) groups is 1. The van der Waals surface area contributed by atoms with Crippen LogP contribution in [-0.2, 0) is 0 Å². The van der Waals surface area contributed by atoms with Gasteiger partial charge in [-0.3, -0.25) is 4.79 Å². The Morgan fingerprint density at radius 2 is 2.11 bits per heavy atom. The fraction of sp³-hybridized carbons (Fsp3) is 0.538. The fourth-order valence-electron chi connectivity index (χ4n) is 2.19. The number of carbonyl (C=O) groups excluding carboxylic acids is 1. The highest BCUT2D eigenvalue weighted by molar-refractivity contribution is 7.80. The molecule has 18 heavy (non-hydrogen) atoms. The zero-order valence-electron chi connectivity index (χ0n) is 10.7. The van der Waals surface area contributed by atoms with Crippen molar-refractivity contribution >= 4 is 23.1 Å². The highest BCUT2D eigenvalue weighted by atomic mass is 32.1. The van der Waals surface area contributed by atoms with E-state index in [0.29, 0.717) is 23.6 Å². The molecule has 0 unspecified atom stereocenters. The largest absolute Gasteiger partial charge is 0.469 e. The predicted octanol–water partition coefficient (Wildman–Crippen LogP) is 2.12. The second kappa shape index (κ2) is 4.72. The smallest absolute Gasteiger partial charge is 0.257 e. The molecule has 1 amide bonds. The summed E-state index contributed by atoms with van der Waals surface area (Å²) in [6, 6.07) is 1.77. The van der Waals surface area contributed by atoms with E-state index in [0.717, 1.165) is 18.6 Å². The predicted molar refractivity (Wildman–Crippen MR) is 73.5 cm³/mol. The van der Waals surface area contributed by atoms with E-state index in [2.05, 4.69) is 6.92 Å². The molecule has 1 aliphatic heterocycles. The Balaban J connectivity index is 2.02. The van der Waals surface area contributed by atoms with Crippen molar-refractivity contribution in [2.24, 2.45) is 11.1 Å². The maximum Gasteiger partial charge on any atom is 0.257 e. The molecule has 5 heteroatoms. The summed E-state index contributed by atoms with van der Waals surface area (Å²) < 4.78 is 5.17. The van der Waals surface area contributed by atoms with E-state index in [1.807, 2.05) is 11.8 Å². The minimum Gasteiger partial charge on any atom is -0.469 e. The van der Waals surface area contributed by atoms with Crippen LogP contribution in [0.1, 0.15) is 35.9 Å². The second-order valence-corrected chi connectivity index (χ2v) is 5.60. The van der Waals surface area contributed by atoms with Crippen LogP contribution in [0.3, 0.4) is 0 Å². The van der Waals surface area contributed by atoms with Crippen LogP contribution in [0.25, 0.3) is 0 Å². The molecule has 2 heterocycles. The molecule has 4 nitrogen and oxygen atoms in total. The van der Waals surface area contributed by atoms with Gasteiger partial charge >= 0.3 is 0 Å². The number of piperidine rings is 1. The molecule has 2 N–H and O–H groups in total. The highest BCUT2D eigenvalue weighted by Crippen LogP contribution is 2.31. The Kier molecular flexibility index (Phi) is 3.43. The van der Waals surface area contributed by atoms with Crippen LogP contribution < -0.4 is 5.73 Å². The van der Waals surface area contributed by atoms with Crippen LogP contribution in [0.15, 0.2) is 16.7 Å². The molecular formula is C13H18N2O2S. The third kappa shape index (κ3) is 2.41. The van der Waals surface area contributed by atoms with Gasteiger partial charge < -0.3 is 15.1 Å². The van der Waals surface area contributed by atoms with E-state index in [9.17, 15) is 4.79 Å². The minimum atomic E-state index is -0.113. The number of furan rings is 1. The number of aryl methyl sites for hydroxylation is 1. The summed E-state index contributed by atoms with van der Waals surface area (Å²) in [4.78, 5) is 14.6. The molecule has 1 fully saturated rings. The molecule has 0 bridgehead atoms. The second-order valence-electron chi connectivity index (χ2n) is 5.16. The molecule has 0 atom stereocenters. The van der Waals surface area contributed by atoms with Gasteiger partial charge in [-0.05, 0) is 25.8 Å². The molecule has 98 valence electrons. The van der Waals surface area contributed by atoms with Gasteiger partial charge in [0, 0.05) is 18.5 Å². The topological polar surface area (TPSA) is 59.5 Å². The van der Waals surface area contributed by atoms with E-state index in [-0.39, 0.29) is 11.3 Å². The first-order valence-corrected chi connectivity index (χ1v) is 6.47. The lowest BCUT2D eigenvalue weighted by molar-refractivity contribution is 0.0669. The Morgan fingerprint density at radius 3 is 2.56 bits per heavy atom. The van der Waals surface area contributed by atoms with Gasteiger partial charge in [-0.15, -0.1) is 0 Å². The van der Waals surface area contributed by atoms with Crippen molar-refractivity contribution in [2.75, 3.05) is 13.1 Å². The summed E-state index contributed by atoms with van der Waals surface area (Å²) >= 11 is 5.09. The van der Waals surface area contributed by atoms with Crippen molar-refractivity contribution in [3.63, 3.8) is 0 Å². The Hall–Kier alpha value is -1.36. The third-order valence-corrected chi connectivity index (χ3v) is 4.22. The number of rotatable bonds is 2. The summed E-state index contributed by atoms with van der Waals surface area (Å²) in [7, 11) is 0. The van der Waals surface area contributed by atoms with Gasteiger partial charge in [-0.2, -0.15) is 0 Å². The van der Waals surface area contributed by atoms with Gasteiger partial charge in [0.2, 0.25) is 0 Å². The number of hydrogen-bond acceptors (Lipinski definition) is 3. The summed E-state index contributed by atoms with van der Waals surface area (Å²) in [5, 5.41) is 0. The van der Waals surface area contributed by atoms with Crippen molar-refractivity contribution < 1.29 is 9.21 Å². The van der Waals surface area contributed by atoms with Gasteiger partial charge in [0.15, 0.2) is 0 Å². The molecule has 0 spiro atoms. The molecule has 1 aromatic rings. The average Bonchev–Trinajstić information content (AvgIpc) is 2.76. The lowest BCUT2D eigenvalue weighted by Crippen LogP contribution is -2.46.